The van der Waals surface area contributed by atoms with Crippen molar-refractivity contribution >= 4 is 34.4 Å². The van der Waals surface area contributed by atoms with Crippen LogP contribution in [0.5, 0.6) is 0 Å². The lowest BCUT2D eigenvalue weighted by Crippen LogP contribution is -2.24. The lowest BCUT2D eigenvalue weighted by atomic mass is 10.1. The molecule has 0 atom stereocenters. The molecule has 0 aliphatic carbocycles. The average molecular weight is 440 g/mol. The van der Waals surface area contributed by atoms with E-state index in [9.17, 15) is 4.39 Å². The summed E-state index contributed by atoms with van der Waals surface area (Å²) < 4.78 is 15.5. The molecule has 3 N–H and O–H groups in total. The number of nitrogens with one attached hydrogen (secondary N) is 1. The normalized spacial score (nSPS) is 11.8. The number of hydrogen-bond donors (Lipinski definition) is 2. The van der Waals surface area contributed by atoms with Crippen LogP contribution in [0.1, 0.15) is 26.5 Å². The number of aromatic nitrogens is 5. The first kappa shape index (κ1) is 21.0. The zero-order valence-electron chi connectivity index (χ0n) is 17.5. The summed E-state index contributed by atoms with van der Waals surface area (Å²) in [5, 5.41) is 8.46. The molecule has 31 heavy (non-hydrogen) atoms. The topological polar surface area (TPSA) is 94.5 Å². The van der Waals surface area contributed by atoms with Gasteiger partial charge in [-0.15, -0.1) is 5.10 Å². The van der Waals surface area contributed by atoms with Gasteiger partial charge < -0.3 is 11.1 Å². The Morgan fingerprint density at radius 3 is 2.65 bits per heavy atom. The van der Waals surface area contributed by atoms with Crippen LogP contribution in [0.2, 0.25) is 5.02 Å². The Morgan fingerprint density at radius 1 is 1.16 bits per heavy atom. The number of hydrogen-bond acceptors (Lipinski definition) is 6. The van der Waals surface area contributed by atoms with Crippen molar-refractivity contribution in [2.24, 2.45) is 0 Å². The van der Waals surface area contributed by atoms with Crippen LogP contribution in [-0.4, -0.2) is 31.3 Å². The minimum Gasteiger partial charge on any atom is -0.383 e. The van der Waals surface area contributed by atoms with Gasteiger partial charge in [-0.1, -0.05) is 17.7 Å². The first-order chi connectivity index (χ1) is 14.7. The second-order valence-corrected chi connectivity index (χ2v) is 8.60. The SMILES string of the molecule is CC(C)(C)n1nc2nc(NCCc3ccccn3)nc(-c3ccc(F)c(Cl)c3)c2c1N. The van der Waals surface area contributed by atoms with Crippen LogP contribution < -0.4 is 11.1 Å². The van der Waals surface area contributed by atoms with E-state index in [-0.39, 0.29) is 10.6 Å². The molecular formula is C22H23ClFN7. The summed E-state index contributed by atoms with van der Waals surface area (Å²) in [6.45, 7) is 6.59. The second-order valence-electron chi connectivity index (χ2n) is 8.19. The highest BCUT2D eigenvalue weighted by Gasteiger charge is 2.24. The molecule has 0 saturated carbocycles. The molecule has 0 aliphatic heterocycles. The highest BCUT2D eigenvalue weighted by molar-refractivity contribution is 6.31. The van der Waals surface area contributed by atoms with Gasteiger partial charge in [0.15, 0.2) is 5.65 Å². The standard InChI is InChI=1S/C22H23ClFN7/c1-22(2,3)31-19(25)17-18(13-7-8-16(24)15(23)12-13)28-21(29-20(17)30-31)27-11-9-14-6-4-5-10-26-14/h4-8,10,12H,9,11,25H2,1-3H3,(H,27,29,30). The second kappa shape index (κ2) is 8.11. The predicted molar refractivity (Wildman–Crippen MR) is 122 cm³/mol. The van der Waals surface area contributed by atoms with Crippen molar-refractivity contribution in [3.63, 3.8) is 0 Å². The van der Waals surface area contributed by atoms with Gasteiger partial charge in [0, 0.05) is 30.4 Å². The van der Waals surface area contributed by atoms with Gasteiger partial charge in [0.05, 0.1) is 21.6 Å². The molecule has 0 radical (unpaired) electrons. The molecule has 160 valence electrons. The molecule has 0 saturated heterocycles. The highest BCUT2D eigenvalue weighted by Crippen LogP contribution is 2.35. The lowest BCUT2D eigenvalue weighted by Gasteiger charge is -2.20. The number of nitrogens with zero attached hydrogens (tertiary/aromatic N) is 5. The van der Waals surface area contributed by atoms with Gasteiger partial charge in [-0.25, -0.2) is 14.1 Å². The van der Waals surface area contributed by atoms with E-state index >= 15 is 0 Å². The van der Waals surface area contributed by atoms with Crippen molar-refractivity contribution < 1.29 is 4.39 Å². The summed E-state index contributed by atoms with van der Waals surface area (Å²) in [5.74, 6) is 0.346. The molecule has 7 nitrogen and oxygen atoms in total. The fourth-order valence-corrected chi connectivity index (χ4v) is 3.48. The van der Waals surface area contributed by atoms with E-state index < -0.39 is 5.82 Å². The van der Waals surface area contributed by atoms with Crippen LogP contribution in [0, 0.1) is 5.82 Å². The van der Waals surface area contributed by atoms with Crippen LogP contribution in [0.4, 0.5) is 16.2 Å². The van der Waals surface area contributed by atoms with Crippen molar-refractivity contribution in [3.8, 4) is 11.3 Å². The van der Waals surface area contributed by atoms with E-state index in [2.05, 4.69) is 25.4 Å². The molecule has 4 rings (SSSR count). The van der Waals surface area contributed by atoms with E-state index in [1.807, 2.05) is 39.0 Å². The summed E-state index contributed by atoms with van der Waals surface area (Å²) >= 11 is 6.03. The van der Waals surface area contributed by atoms with Crippen LogP contribution in [0.15, 0.2) is 42.6 Å². The largest absolute Gasteiger partial charge is 0.383 e. The Morgan fingerprint density at radius 2 is 1.97 bits per heavy atom. The Labute approximate surface area is 184 Å². The Bertz CT molecular complexity index is 1230. The van der Waals surface area contributed by atoms with Crippen LogP contribution in [0.25, 0.3) is 22.3 Å². The number of benzene rings is 1. The number of rotatable bonds is 5. The predicted octanol–water partition coefficient (Wildman–Crippen LogP) is 4.67. The molecule has 0 unspecified atom stereocenters. The van der Waals surface area contributed by atoms with Crippen LogP contribution in [-0.2, 0) is 12.0 Å². The fraction of sp³-hybridized carbons (Fsp3) is 0.273. The minimum absolute atomic E-state index is 0.00991. The molecule has 0 aliphatic rings. The number of nitrogens with two attached hydrogens (primary N) is 1. The molecular weight excluding hydrogens is 417 g/mol. The molecule has 9 heteroatoms. The van der Waals surface area contributed by atoms with Crippen molar-refractivity contribution in [1.29, 1.82) is 0 Å². The van der Waals surface area contributed by atoms with Gasteiger partial charge in [0.2, 0.25) is 5.95 Å². The maximum atomic E-state index is 13.8. The van der Waals surface area contributed by atoms with E-state index in [1.165, 1.54) is 12.1 Å². The summed E-state index contributed by atoms with van der Waals surface area (Å²) in [5.41, 5.74) is 8.68. The minimum atomic E-state index is -0.497. The zero-order chi connectivity index (χ0) is 22.2. The Kier molecular flexibility index (Phi) is 5.49. The fourth-order valence-electron chi connectivity index (χ4n) is 3.30. The van der Waals surface area contributed by atoms with Crippen molar-refractivity contribution in [2.45, 2.75) is 32.7 Å². The number of pyridine rings is 1. The van der Waals surface area contributed by atoms with Gasteiger partial charge in [0.25, 0.3) is 0 Å². The van der Waals surface area contributed by atoms with E-state index in [1.54, 1.807) is 16.9 Å². The molecule has 4 aromatic rings. The van der Waals surface area contributed by atoms with Crippen molar-refractivity contribution in [3.05, 3.63) is 59.1 Å². The highest BCUT2D eigenvalue weighted by atomic mass is 35.5. The smallest absolute Gasteiger partial charge is 0.225 e. The maximum absolute atomic E-state index is 13.8. The van der Waals surface area contributed by atoms with Crippen molar-refractivity contribution in [1.82, 2.24) is 24.7 Å². The first-order valence-electron chi connectivity index (χ1n) is 9.90. The number of fused-ring (bicyclic) bond motifs is 1. The molecule has 0 fully saturated rings. The molecule has 0 spiro atoms. The van der Waals surface area contributed by atoms with E-state index in [0.717, 1.165) is 5.69 Å². The first-order valence-corrected chi connectivity index (χ1v) is 10.3. The van der Waals surface area contributed by atoms with E-state index in [0.29, 0.717) is 47.0 Å². The van der Waals surface area contributed by atoms with E-state index in [4.69, 9.17) is 17.3 Å². The van der Waals surface area contributed by atoms with Crippen LogP contribution >= 0.6 is 11.6 Å². The monoisotopic (exact) mass is 439 g/mol. The Balaban J connectivity index is 1.78. The lowest BCUT2D eigenvalue weighted by molar-refractivity contribution is 0.364. The van der Waals surface area contributed by atoms with Gasteiger partial charge in [0.1, 0.15) is 11.6 Å². The third kappa shape index (κ3) is 4.29. The molecule has 3 aromatic heterocycles. The third-order valence-electron chi connectivity index (χ3n) is 4.79. The maximum Gasteiger partial charge on any atom is 0.225 e. The van der Waals surface area contributed by atoms with Gasteiger partial charge in [-0.2, -0.15) is 4.98 Å². The van der Waals surface area contributed by atoms with Crippen LogP contribution in [0.3, 0.4) is 0 Å². The van der Waals surface area contributed by atoms with Gasteiger partial charge in [-0.3, -0.25) is 4.98 Å². The summed E-state index contributed by atoms with van der Waals surface area (Å²) in [7, 11) is 0. The quantitative estimate of drug-likeness (QED) is 0.469. The zero-order valence-corrected chi connectivity index (χ0v) is 18.3. The summed E-state index contributed by atoms with van der Waals surface area (Å²) in [4.78, 5) is 13.6. The third-order valence-corrected chi connectivity index (χ3v) is 5.08. The summed E-state index contributed by atoms with van der Waals surface area (Å²) in [6, 6.07) is 10.2. The van der Waals surface area contributed by atoms with Crippen molar-refractivity contribution in [2.75, 3.05) is 17.6 Å². The van der Waals surface area contributed by atoms with Gasteiger partial charge in [-0.05, 0) is 51.1 Å². The molecule has 1 aromatic carbocycles. The summed E-state index contributed by atoms with van der Waals surface area (Å²) in [6.07, 6.45) is 2.47. The van der Waals surface area contributed by atoms with Gasteiger partial charge >= 0.3 is 0 Å². The molecule has 0 amide bonds. The molecule has 0 bridgehead atoms. The molecule has 3 heterocycles. The average Bonchev–Trinajstić information content (AvgIpc) is 3.07. The number of halogens is 2. The number of anilines is 2. The Hall–Kier alpha value is -3.26. The number of nitrogen functional groups attached to an aromatic ring is 1.